The molecule has 5 heterocycles. The number of likely N-dealkylation sites (N-methyl/N-ethyl adjacent to an activating group) is 1. The van der Waals surface area contributed by atoms with Crippen molar-refractivity contribution >= 4 is 22.6 Å². The molecule has 0 radical (unpaired) electrons. The van der Waals surface area contributed by atoms with Crippen molar-refractivity contribution in [3.63, 3.8) is 0 Å². The number of hydrogen-bond acceptors (Lipinski definition) is 6. The Kier molecular flexibility index (Phi) is 5.42. The summed E-state index contributed by atoms with van der Waals surface area (Å²) in [7, 11) is 3.90. The molecule has 3 aromatic heterocycles. The number of piperazine rings is 1. The number of amides is 1. The van der Waals surface area contributed by atoms with Gasteiger partial charge in [-0.3, -0.25) is 19.1 Å². The molecule has 4 fully saturated rings. The van der Waals surface area contributed by atoms with Crippen LogP contribution >= 0.6 is 0 Å². The summed E-state index contributed by atoms with van der Waals surface area (Å²) in [6.07, 6.45) is 10.4. The molecule has 1 amide bonds. The third kappa shape index (κ3) is 3.68. The lowest BCUT2D eigenvalue weighted by atomic mass is 9.56. The highest BCUT2D eigenvalue weighted by Crippen LogP contribution is 2.55. The van der Waals surface area contributed by atoms with Crippen molar-refractivity contribution < 1.29 is 4.79 Å². The second-order valence-electron chi connectivity index (χ2n) is 12.6. The van der Waals surface area contributed by atoms with Crippen LogP contribution in [0.15, 0.2) is 12.3 Å². The van der Waals surface area contributed by atoms with Crippen molar-refractivity contribution in [2.24, 2.45) is 12.5 Å². The fourth-order valence-electron chi connectivity index (χ4n) is 7.92. The van der Waals surface area contributed by atoms with Crippen LogP contribution in [0.3, 0.4) is 0 Å². The standard InChI is InChI=1S/C29H40N8O/c1-20-15-25(22-16-30-34(4)27(22)31-20)35-12-5-24-23(17-35)21(2)32-37(24)19-28-6-9-29(10-7-28,11-8-28)36-14-13-33(3)26(38)18-36/h15-16H,5-14,17-19H2,1-4H3. The lowest BCUT2D eigenvalue weighted by Gasteiger charge is -2.58. The number of fused-ring (bicyclic) bond motifs is 5. The van der Waals surface area contributed by atoms with Gasteiger partial charge >= 0.3 is 0 Å². The van der Waals surface area contributed by atoms with Gasteiger partial charge < -0.3 is 9.80 Å². The van der Waals surface area contributed by atoms with Crippen LogP contribution < -0.4 is 4.90 Å². The van der Waals surface area contributed by atoms with Gasteiger partial charge in [-0.2, -0.15) is 10.2 Å². The van der Waals surface area contributed by atoms with E-state index in [0.29, 0.717) is 12.0 Å². The number of carbonyl (C=O) groups excluding carboxylic acids is 1. The average Bonchev–Trinajstić information content (AvgIpc) is 3.44. The molecule has 0 spiro atoms. The highest BCUT2D eigenvalue weighted by atomic mass is 16.2. The number of rotatable bonds is 4. The van der Waals surface area contributed by atoms with Gasteiger partial charge in [0.25, 0.3) is 0 Å². The molecular formula is C29H40N8O. The van der Waals surface area contributed by atoms with Gasteiger partial charge in [0.2, 0.25) is 5.91 Å². The molecule has 0 unspecified atom stereocenters. The minimum atomic E-state index is 0.249. The fraction of sp³-hybridized carbons (Fsp3) is 0.655. The first kappa shape index (κ1) is 24.1. The van der Waals surface area contributed by atoms with Crippen LogP contribution in [0.5, 0.6) is 0 Å². The van der Waals surface area contributed by atoms with Crippen molar-refractivity contribution in [1.82, 2.24) is 34.3 Å². The summed E-state index contributed by atoms with van der Waals surface area (Å²) in [4.78, 5) is 24.1. The van der Waals surface area contributed by atoms with Gasteiger partial charge in [-0.1, -0.05) is 0 Å². The van der Waals surface area contributed by atoms with E-state index in [1.54, 1.807) is 0 Å². The molecule has 38 heavy (non-hydrogen) atoms. The molecule has 0 aromatic carbocycles. The van der Waals surface area contributed by atoms with Crippen molar-refractivity contribution in [2.75, 3.05) is 38.1 Å². The maximum atomic E-state index is 12.4. The molecule has 3 aromatic rings. The summed E-state index contributed by atoms with van der Waals surface area (Å²) < 4.78 is 4.26. The molecular weight excluding hydrogens is 476 g/mol. The van der Waals surface area contributed by atoms with Gasteiger partial charge in [-0.15, -0.1) is 0 Å². The van der Waals surface area contributed by atoms with Gasteiger partial charge in [0, 0.05) is 75.7 Å². The third-order valence-electron chi connectivity index (χ3n) is 10.5. The average molecular weight is 517 g/mol. The van der Waals surface area contributed by atoms with Gasteiger partial charge in [-0.05, 0) is 63.9 Å². The lowest BCUT2D eigenvalue weighted by Crippen LogP contribution is -2.62. The first-order valence-electron chi connectivity index (χ1n) is 14.3. The summed E-state index contributed by atoms with van der Waals surface area (Å²) >= 11 is 0. The van der Waals surface area contributed by atoms with Crippen LogP contribution in [0, 0.1) is 19.3 Å². The number of aryl methyl sites for hydroxylation is 3. The van der Waals surface area contributed by atoms with Gasteiger partial charge in [-0.25, -0.2) is 4.98 Å². The summed E-state index contributed by atoms with van der Waals surface area (Å²) in [5.74, 6) is 0.284. The first-order valence-corrected chi connectivity index (χ1v) is 14.3. The van der Waals surface area contributed by atoms with E-state index in [1.165, 1.54) is 61.2 Å². The predicted octanol–water partition coefficient (Wildman–Crippen LogP) is 3.21. The van der Waals surface area contributed by atoms with Crippen molar-refractivity contribution in [3.8, 4) is 0 Å². The van der Waals surface area contributed by atoms with E-state index >= 15 is 0 Å². The molecule has 202 valence electrons. The molecule has 9 heteroatoms. The highest BCUT2D eigenvalue weighted by Gasteiger charge is 2.52. The minimum absolute atomic E-state index is 0.249. The van der Waals surface area contributed by atoms with Crippen LogP contribution in [-0.4, -0.2) is 79.0 Å². The van der Waals surface area contributed by atoms with Crippen LogP contribution in [0.4, 0.5) is 5.69 Å². The minimum Gasteiger partial charge on any atom is -0.366 e. The normalized spacial score (nSPS) is 27.9. The number of nitrogens with zero attached hydrogens (tertiary/aromatic N) is 8. The first-order chi connectivity index (χ1) is 18.3. The van der Waals surface area contributed by atoms with E-state index in [0.717, 1.165) is 55.9 Å². The number of anilines is 1. The van der Waals surface area contributed by atoms with Crippen LogP contribution in [0.1, 0.15) is 61.2 Å². The van der Waals surface area contributed by atoms with Gasteiger partial charge in [0.15, 0.2) is 5.65 Å². The Morgan fingerprint density at radius 3 is 2.47 bits per heavy atom. The van der Waals surface area contributed by atoms with Crippen molar-refractivity contribution in [2.45, 2.75) is 77.4 Å². The van der Waals surface area contributed by atoms with E-state index < -0.39 is 0 Å². The Morgan fingerprint density at radius 1 is 0.974 bits per heavy atom. The zero-order valence-electron chi connectivity index (χ0n) is 23.3. The largest absolute Gasteiger partial charge is 0.366 e. The number of carbonyl (C=O) groups is 1. The summed E-state index contributed by atoms with van der Waals surface area (Å²) in [6.45, 7) is 9.67. The van der Waals surface area contributed by atoms with Crippen LogP contribution in [-0.2, 0) is 31.4 Å². The third-order valence-corrected chi connectivity index (χ3v) is 10.5. The van der Waals surface area contributed by atoms with Crippen molar-refractivity contribution in [3.05, 3.63) is 34.9 Å². The zero-order chi connectivity index (χ0) is 26.2. The lowest BCUT2D eigenvalue weighted by molar-refractivity contribution is -0.142. The second-order valence-corrected chi connectivity index (χ2v) is 12.6. The number of pyridine rings is 1. The van der Waals surface area contributed by atoms with E-state index in [4.69, 9.17) is 10.1 Å². The van der Waals surface area contributed by atoms with E-state index in [-0.39, 0.29) is 11.4 Å². The molecule has 2 bridgehead atoms. The smallest absolute Gasteiger partial charge is 0.236 e. The number of aromatic nitrogens is 5. The topological polar surface area (TPSA) is 75.3 Å². The predicted molar refractivity (Wildman–Crippen MR) is 147 cm³/mol. The summed E-state index contributed by atoms with van der Waals surface area (Å²) in [6, 6.07) is 2.21. The Labute approximate surface area is 224 Å². The summed E-state index contributed by atoms with van der Waals surface area (Å²) in [5.41, 5.74) is 7.82. The SMILES string of the molecule is Cc1cc(N2CCc3c(c(C)nn3CC34CCC(N5CCN(C)C(=O)C5)(CC3)CC4)C2)c2cnn(C)c2n1. The maximum Gasteiger partial charge on any atom is 0.236 e. The molecule has 5 aliphatic rings. The van der Waals surface area contributed by atoms with E-state index in [1.807, 2.05) is 29.9 Å². The molecule has 8 rings (SSSR count). The molecule has 9 nitrogen and oxygen atoms in total. The Hall–Kier alpha value is -2.94. The zero-order valence-corrected chi connectivity index (χ0v) is 23.3. The monoisotopic (exact) mass is 516 g/mol. The van der Waals surface area contributed by atoms with E-state index in [9.17, 15) is 4.79 Å². The summed E-state index contributed by atoms with van der Waals surface area (Å²) in [5, 5.41) is 10.7. The Morgan fingerprint density at radius 2 is 1.74 bits per heavy atom. The molecule has 0 atom stereocenters. The quantitative estimate of drug-likeness (QED) is 0.530. The van der Waals surface area contributed by atoms with E-state index in [2.05, 4.69) is 39.5 Å². The van der Waals surface area contributed by atoms with Crippen molar-refractivity contribution in [1.29, 1.82) is 0 Å². The number of hydrogen-bond donors (Lipinski definition) is 0. The van der Waals surface area contributed by atoms with Crippen LogP contribution in [0.2, 0.25) is 0 Å². The second kappa shape index (κ2) is 8.53. The molecule has 0 N–H and O–H groups in total. The van der Waals surface area contributed by atoms with Crippen LogP contribution in [0.25, 0.3) is 11.0 Å². The van der Waals surface area contributed by atoms with Gasteiger partial charge in [0.1, 0.15) is 0 Å². The molecule has 3 aliphatic carbocycles. The maximum absolute atomic E-state index is 12.4. The highest BCUT2D eigenvalue weighted by molar-refractivity contribution is 5.89. The van der Waals surface area contributed by atoms with Gasteiger partial charge in [0.05, 0.1) is 29.5 Å². The molecule has 1 saturated heterocycles. The molecule has 3 saturated carbocycles. The Balaban J connectivity index is 1.09. The Bertz CT molecular complexity index is 1400. The fourth-order valence-corrected chi connectivity index (χ4v) is 7.92. The molecule has 2 aliphatic heterocycles.